The highest BCUT2D eigenvalue weighted by Crippen LogP contribution is 2.28. The Labute approximate surface area is 126 Å². The number of hydrogen-bond donors (Lipinski definition) is 1. The smallest absolute Gasteiger partial charge is 0.133 e. The van der Waals surface area contributed by atoms with Crippen molar-refractivity contribution in [1.82, 2.24) is 5.32 Å². The fourth-order valence-corrected chi connectivity index (χ4v) is 2.87. The van der Waals surface area contributed by atoms with Crippen LogP contribution in [0.15, 0.2) is 22.7 Å². The maximum absolute atomic E-state index is 5.26. The summed E-state index contributed by atoms with van der Waals surface area (Å²) in [5.74, 6) is 1.65. The predicted octanol–water partition coefficient (Wildman–Crippen LogP) is 4.93. The number of benzene rings is 1. The Bertz CT molecular complexity index is 394. The van der Waals surface area contributed by atoms with E-state index in [4.69, 9.17) is 4.74 Å². The molecule has 2 nitrogen and oxygen atoms in total. The van der Waals surface area contributed by atoms with Crippen LogP contribution in [0.25, 0.3) is 0 Å². The van der Waals surface area contributed by atoms with Crippen LogP contribution in [0.4, 0.5) is 0 Å². The SMILES string of the molecule is CCC(C)CC(C)NC(C)c1ccc(OC)c(Br)c1. The minimum Gasteiger partial charge on any atom is -0.496 e. The maximum Gasteiger partial charge on any atom is 0.133 e. The largest absolute Gasteiger partial charge is 0.496 e. The summed E-state index contributed by atoms with van der Waals surface area (Å²) in [6.07, 6.45) is 2.46. The number of halogens is 1. The van der Waals surface area contributed by atoms with Gasteiger partial charge in [0.25, 0.3) is 0 Å². The molecule has 1 rings (SSSR count). The van der Waals surface area contributed by atoms with Crippen LogP contribution in [0.3, 0.4) is 0 Å². The molecule has 0 amide bonds. The van der Waals surface area contributed by atoms with Gasteiger partial charge in [0.15, 0.2) is 0 Å². The van der Waals surface area contributed by atoms with E-state index in [2.05, 4.69) is 61.1 Å². The van der Waals surface area contributed by atoms with Gasteiger partial charge >= 0.3 is 0 Å². The monoisotopic (exact) mass is 327 g/mol. The van der Waals surface area contributed by atoms with Crippen molar-refractivity contribution in [1.29, 1.82) is 0 Å². The Morgan fingerprint density at radius 3 is 2.47 bits per heavy atom. The summed E-state index contributed by atoms with van der Waals surface area (Å²) >= 11 is 3.54. The van der Waals surface area contributed by atoms with Crippen molar-refractivity contribution in [3.63, 3.8) is 0 Å². The van der Waals surface area contributed by atoms with Crippen molar-refractivity contribution in [3.05, 3.63) is 28.2 Å². The molecule has 19 heavy (non-hydrogen) atoms. The lowest BCUT2D eigenvalue weighted by atomic mass is 9.99. The van der Waals surface area contributed by atoms with E-state index in [0.717, 1.165) is 16.1 Å². The van der Waals surface area contributed by atoms with Crippen LogP contribution < -0.4 is 10.1 Å². The van der Waals surface area contributed by atoms with Gasteiger partial charge in [-0.15, -0.1) is 0 Å². The van der Waals surface area contributed by atoms with Gasteiger partial charge in [-0.25, -0.2) is 0 Å². The lowest BCUT2D eigenvalue weighted by Crippen LogP contribution is -2.30. The zero-order valence-electron chi connectivity index (χ0n) is 12.7. The number of nitrogens with one attached hydrogen (secondary N) is 1. The Balaban J connectivity index is 2.62. The van der Waals surface area contributed by atoms with Gasteiger partial charge in [-0.05, 0) is 59.8 Å². The molecule has 3 heteroatoms. The van der Waals surface area contributed by atoms with Crippen LogP contribution >= 0.6 is 15.9 Å². The van der Waals surface area contributed by atoms with Crippen molar-refractivity contribution in [3.8, 4) is 5.75 Å². The molecule has 0 aromatic heterocycles. The molecule has 0 saturated heterocycles. The minimum absolute atomic E-state index is 0.348. The molecule has 1 aromatic rings. The summed E-state index contributed by atoms with van der Waals surface area (Å²) < 4.78 is 6.27. The van der Waals surface area contributed by atoms with E-state index in [-0.39, 0.29) is 0 Å². The Morgan fingerprint density at radius 2 is 1.95 bits per heavy atom. The second-order valence-electron chi connectivity index (χ2n) is 5.43. The summed E-state index contributed by atoms with van der Waals surface area (Å²) in [5, 5.41) is 3.66. The van der Waals surface area contributed by atoms with Crippen LogP contribution in [0.2, 0.25) is 0 Å². The van der Waals surface area contributed by atoms with Crippen LogP contribution in [0.1, 0.15) is 52.1 Å². The van der Waals surface area contributed by atoms with E-state index in [1.165, 1.54) is 18.4 Å². The zero-order chi connectivity index (χ0) is 14.4. The third kappa shape index (κ3) is 5.15. The molecule has 3 unspecified atom stereocenters. The quantitative estimate of drug-likeness (QED) is 0.766. The molecule has 0 spiro atoms. The van der Waals surface area contributed by atoms with Gasteiger partial charge in [-0.1, -0.05) is 26.3 Å². The molecule has 108 valence electrons. The number of hydrogen-bond acceptors (Lipinski definition) is 2. The van der Waals surface area contributed by atoms with Gasteiger partial charge in [0.2, 0.25) is 0 Å². The summed E-state index contributed by atoms with van der Waals surface area (Å²) in [7, 11) is 1.69. The van der Waals surface area contributed by atoms with E-state index in [1.807, 2.05) is 6.07 Å². The Kier molecular flexibility index (Phi) is 6.87. The van der Waals surface area contributed by atoms with Crippen LogP contribution in [-0.2, 0) is 0 Å². The molecule has 0 heterocycles. The van der Waals surface area contributed by atoms with Gasteiger partial charge in [-0.3, -0.25) is 0 Å². The highest BCUT2D eigenvalue weighted by atomic mass is 79.9. The average molecular weight is 328 g/mol. The molecular weight excluding hydrogens is 302 g/mol. The fraction of sp³-hybridized carbons (Fsp3) is 0.625. The molecule has 0 bridgehead atoms. The molecule has 0 aliphatic rings. The van der Waals surface area contributed by atoms with Gasteiger partial charge < -0.3 is 10.1 Å². The van der Waals surface area contributed by atoms with Crippen LogP contribution in [0, 0.1) is 5.92 Å². The molecule has 0 radical (unpaired) electrons. The van der Waals surface area contributed by atoms with E-state index in [1.54, 1.807) is 7.11 Å². The first kappa shape index (κ1) is 16.5. The number of methoxy groups -OCH3 is 1. The molecule has 1 aromatic carbocycles. The lowest BCUT2D eigenvalue weighted by molar-refractivity contribution is 0.384. The Morgan fingerprint density at radius 1 is 1.26 bits per heavy atom. The highest BCUT2D eigenvalue weighted by Gasteiger charge is 2.13. The maximum atomic E-state index is 5.26. The van der Waals surface area contributed by atoms with Crippen molar-refractivity contribution >= 4 is 15.9 Å². The fourth-order valence-electron chi connectivity index (χ4n) is 2.31. The Hall–Kier alpha value is -0.540. The highest BCUT2D eigenvalue weighted by molar-refractivity contribution is 9.10. The normalized spacial score (nSPS) is 15.9. The summed E-state index contributed by atoms with van der Waals surface area (Å²) in [5.41, 5.74) is 1.28. The standard InChI is InChI=1S/C16H26BrNO/c1-6-11(2)9-12(3)18-13(4)14-7-8-16(19-5)15(17)10-14/h7-8,10-13,18H,6,9H2,1-5H3. The van der Waals surface area contributed by atoms with Gasteiger partial charge in [0.1, 0.15) is 5.75 Å². The number of ether oxygens (including phenoxy) is 1. The third-order valence-corrected chi connectivity index (χ3v) is 4.28. The molecule has 0 aliphatic carbocycles. The van der Waals surface area contributed by atoms with Crippen molar-refractivity contribution in [2.45, 2.75) is 52.6 Å². The van der Waals surface area contributed by atoms with Gasteiger partial charge in [-0.2, -0.15) is 0 Å². The van der Waals surface area contributed by atoms with Crippen LogP contribution in [-0.4, -0.2) is 13.2 Å². The summed E-state index contributed by atoms with van der Waals surface area (Å²) in [6, 6.07) is 7.15. The minimum atomic E-state index is 0.348. The first-order valence-electron chi connectivity index (χ1n) is 7.07. The predicted molar refractivity (Wildman–Crippen MR) is 85.8 cm³/mol. The zero-order valence-corrected chi connectivity index (χ0v) is 14.3. The first-order chi connectivity index (χ1) is 8.97. The second-order valence-corrected chi connectivity index (χ2v) is 6.29. The van der Waals surface area contributed by atoms with E-state index in [9.17, 15) is 0 Å². The molecular formula is C16H26BrNO. The van der Waals surface area contributed by atoms with Crippen molar-refractivity contribution in [2.24, 2.45) is 5.92 Å². The van der Waals surface area contributed by atoms with E-state index < -0.39 is 0 Å². The number of rotatable bonds is 7. The first-order valence-corrected chi connectivity index (χ1v) is 7.86. The van der Waals surface area contributed by atoms with Crippen LogP contribution in [0.5, 0.6) is 5.75 Å². The molecule has 0 fully saturated rings. The molecule has 1 N–H and O–H groups in total. The third-order valence-electron chi connectivity index (χ3n) is 3.66. The summed E-state index contributed by atoms with van der Waals surface area (Å²) in [6.45, 7) is 9.04. The van der Waals surface area contributed by atoms with Gasteiger partial charge in [0, 0.05) is 12.1 Å². The molecule has 3 atom stereocenters. The second kappa shape index (κ2) is 7.91. The summed E-state index contributed by atoms with van der Waals surface area (Å²) in [4.78, 5) is 0. The lowest BCUT2D eigenvalue weighted by Gasteiger charge is -2.23. The molecule has 0 aliphatic heterocycles. The van der Waals surface area contributed by atoms with Crippen molar-refractivity contribution < 1.29 is 4.74 Å². The van der Waals surface area contributed by atoms with E-state index >= 15 is 0 Å². The van der Waals surface area contributed by atoms with Gasteiger partial charge in [0.05, 0.1) is 11.6 Å². The van der Waals surface area contributed by atoms with Crippen molar-refractivity contribution in [2.75, 3.05) is 7.11 Å². The average Bonchev–Trinajstić information content (AvgIpc) is 2.38. The van der Waals surface area contributed by atoms with E-state index in [0.29, 0.717) is 12.1 Å². The molecule has 0 saturated carbocycles. The topological polar surface area (TPSA) is 21.3 Å².